The smallest absolute Gasteiger partial charge is 0.217 e. The Hall–Kier alpha value is -2.51. The lowest BCUT2D eigenvalue weighted by molar-refractivity contribution is -0.120. The largest absolute Gasteiger partial charge is 0.493 e. The summed E-state index contributed by atoms with van der Waals surface area (Å²) in [5.41, 5.74) is 2.69. The van der Waals surface area contributed by atoms with Crippen LogP contribution in [0.5, 0.6) is 5.75 Å². The molecule has 180 valence electrons. The van der Waals surface area contributed by atoms with E-state index in [1.807, 2.05) is 6.07 Å². The van der Waals surface area contributed by atoms with Crippen molar-refractivity contribution in [3.8, 4) is 5.75 Å². The summed E-state index contributed by atoms with van der Waals surface area (Å²) < 4.78 is 33.0. The van der Waals surface area contributed by atoms with Gasteiger partial charge < -0.3 is 20.5 Å². The van der Waals surface area contributed by atoms with Gasteiger partial charge in [-0.15, -0.1) is 0 Å². The Labute approximate surface area is 194 Å². The van der Waals surface area contributed by atoms with E-state index in [9.17, 15) is 18.7 Å². The van der Waals surface area contributed by atoms with E-state index in [1.54, 1.807) is 0 Å². The van der Waals surface area contributed by atoms with Crippen LogP contribution in [0.1, 0.15) is 56.3 Å². The summed E-state index contributed by atoms with van der Waals surface area (Å²) in [5, 5.41) is 17.0. The van der Waals surface area contributed by atoms with Crippen LogP contribution in [0.25, 0.3) is 0 Å². The van der Waals surface area contributed by atoms with E-state index in [2.05, 4.69) is 36.6 Å². The van der Waals surface area contributed by atoms with Gasteiger partial charge in [-0.3, -0.25) is 4.79 Å². The van der Waals surface area contributed by atoms with Crippen LogP contribution in [0.4, 0.5) is 8.78 Å². The van der Waals surface area contributed by atoms with Gasteiger partial charge in [0.25, 0.3) is 0 Å². The van der Waals surface area contributed by atoms with Crippen LogP contribution in [0.2, 0.25) is 0 Å². The molecule has 2 aromatic carbocycles. The van der Waals surface area contributed by atoms with E-state index >= 15 is 0 Å². The maximum Gasteiger partial charge on any atom is 0.217 e. The van der Waals surface area contributed by atoms with Gasteiger partial charge in [0.1, 0.15) is 17.4 Å². The number of ether oxygens (including phenoxy) is 1. The Morgan fingerprint density at radius 1 is 1.15 bits per heavy atom. The Kier molecular flexibility index (Phi) is 8.80. The maximum absolute atomic E-state index is 13.6. The topological polar surface area (TPSA) is 70.6 Å². The molecule has 0 bridgehead atoms. The van der Waals surface area contributed by atoms with Gasteiger partial charge in [-0.25, -0.2) is 8.78 Å². The lowest BCUT2D eigenvalue weighted by Crippen LogP contribution is -2.48. The second kappa shape index (κ2) is 11.6. The van der Waals surface area contributed by atoms with Crippen LogP contribution in [-0.2, 0) is 17.6 Å². The molecule has 0 aromatic heterocycles. The van der Waals surface area contributed by atoms with Crippen molar-refractivity contribution in [1.29, 1.82) is 0 Å². The molecule has 0 spiro atoms. The number of carbonyl (C=O) groups excluding carboxylic acids is 1. The minimum Gasteiger partial charge on any atom is -0.493 e. The molecule has 0 saturated heterocycles. The molecule has 1 aliphatic rings. The van der Waals surface area contributed by atoms with Gasteiger partial charge >= 0.3 is 0 Å². The van der Waals surface area contributed by atoms with Crippen molar-refractivity contribution in [2.24, 2.45) is 5.92 Å². The van der Waals surface area contributed by atoms with Crippen molar-refractivity contribution >= 4 is 5.91 Å². The van der Waals surface area contributed by atoms with E-state index in [0.717, 1.165) is 36.6 Å². The van der Waals surface area contributed by atoms with Crippen molar-refractivity contribution in [1.82, 2.24) is 10.6 Å². The first kappa shape index (κ1) is 25.1. The molecule has 1 heterocycles. The van der Waals surface area contributed by atoms with E-state index in [1.165, 1.54) is 24.6 Å². The minimum absolute atomic E-state index is 0.00647. The summed E-state index contributed by atoms with van der Waals surface area (Å²) in [5.74, 6) is -0.228. The number of aryl methyl sites for hydroxylation is 1. The van der Waals surface area contributed by atoms with Gasteiger partial charge in [0, 0.05) is 37.6 Å². The molecule has 0 radical (unpaired) electrons. The quantitative estimate of drug-likeness (QED) is 0.500. The Morgan fingerprint density at radius 2 is 1.88 bits per heavy atom. The van der Waals surface area contributed by atoms with Gasteiger partial charge in [0.05, 0.1) is 18.8 Å². The van der Waals surface area contributed by atoms with Crippen LogP contribution < -0.4 is 15.4 Å². The van der Waals surface area contributed by atoms with Gasteiger partial charge in [-0.1, -0.05) is 26.0 Å². The first-order chi connectivity index (χ1) is 15.7. The number of halogens is 2. The van der Waals surface area contributed by atoms with Crippen LogP contribution in [0.15, 0.2) is 36.4 Å². The number of aliphatic hydroxyl groups excluding tert-OH is 1. The van der Waals surface area contributed by atoms with Crippen molar-refractivity contribution in [3.63, 3.8) is 0 Å². The number of hydrogen-bond donors (Lipinski definition) is 3. The summed E-state index contributed by atoms with van der Waals surface area (Å²) in [7, 11) is 0. The van der Waals surface area contributed by atoms with Gasteiger partial charge in [0.15, 0.2) is 0 Å². The highest BCUT2D eigenvalue weighted by molar-refractivity contribution is 5.73. The molecule has 3 rings (SSSR count). The van der Waals surface area contributed by atoms with Crippen molar-refractivity contribution in [2.45, 2.75) is 64.6 Å². The molecule has 2 aromatic rings. The average molecular weight is 461 g/mol. The molecule has 0 fully saturated rings. The number of hydrogen-bond acceptors (Lipinski definition) is 4. The van der Waals surface area contributed by atoms with Crippen molar-refractivity contribution < 1.29 is 23.4 Å². The SMILES string of the molecule is CC(=O)N[C@@H](Cc1cc(F)cc(F)c1)[C@H](O)CN[C@H]1CCOc2ccc(CCC(C)C)cc21. The first-order valence-electron chi connectivity index (χ1n) is 11.6. The summed E-state index contributed by atoms with van der Waals surface area (Å²) >= 11 is 0. The number of rotatable bonds is 10. The molecule has 3 atom stereocenters. The number of fused-ring (bicyclic) bond motifs is 1. The highest BCUT2D eigenvalue weighted by Crippen LogP contribution is 2.33. The van der Waals surface area contributed by atoms with E-state index < -0.39 is 23.8 Å². The van der Waals surface area contributed by atoms with Gasteiger partial charge in [0.2, 0.25) is 5.91 Å². The molecule has 33 heavy (non-hydrogen) atoms. The van der Waals surface area contributed by atoms with E-state index in [-0.39, 0.29) is 24.9 Å². The fourth-order valence-electron chi connectivity index (χ4n) is 4.20. The van der Waals surface area contributed by atoms with E-state index in [0.29, 0.717) is 18.1 Å². The van der Waals surface area contributed by atoms with E-state index in [4.69, 9.17) is 4.74 Å². The highest BCUT2D eigenvalue weighted by Gasteiger charge is 2.26. The second-order valence-electron chi connectivity index (χ2n) is 9.26. The number of carbonyl (C=O) groups is 1. The summed E-state index contributed by atoms with van der Waals surface area (Å²) in [4.78, 5) is 11.7. The molecular formula is C26H34F2N2O3. The average Bonchev–Trinajstić information content (AvgIpc) is 2.74. The number of nitrogens with one attached hydrogen (secondary N) is 2. The van der Waals surface area contributed by atoms with Crippen LogP contribution >= 0.6 is 0 Å². The van der Waals surface area contributed by atoms with Crippen LogP contribution in [0.3, 0.4) is 0 Å². The molecule has 1 amide bonds. The predicted octanol–water partition coefficient (Wildman–Crippen LogP) is 4.07. The maximum atomic E-state index is 13.6. The zero-order valence-corrected chi connectivity index (χ0v) is 19.5. The third-order valence-electron chi connectivity index (χ3n) is 5.93. The zero-order chi connectivity index (χ0) is 24.0. The normalized spacial score (nSPS) is 17.2. The standard InChI is InChI=1S/C26H34F2N2O3/c1-16(2)4-5-18-6-7-26-22(12-18)23(8-9-33-26)29-15-25(32)24(30-17(3)31)13-19-10-20(27)14-21(28)11-19/h6-7,10-12,14,16,23-25,29,32H,4-5,8-9,13,15H2,1-3H3,(H,30,31)/t23-,24-,25+/m0/s1. The number of benzene rings is 2. The third kappa shape index (κ3) is 7.51. The number of aliphatic hydroxyl groups is 1. The summed E-state index contributed by atoms with van der Waals surface area (Å²) in [6, 6.07) is 8.82. The molecule has 5 nitrogen and oxygen atoms in total. The Balaban J connectivity index is 1.68. The third-order valence-corrected chi connectivity index (χ3v) is 5.93. The number of amides is 1. The van der Waals surface area contributed by atoms with Crippen LogP contribution in [-0.4, -0.2) is 36.3 Å². The fourth-order valence-corrected chi connectivity index (χ4v) is 4.20. The van der Waals surface area contributed by atoms with Crippen LogP contribution in [0, 0.1) is 17.6 Å². The molecule has 0 unspecified atom stereocenters. The van der Waals surface area contributed by atoms with Gasteiger partial charge in [-0.2, -0.15) is 0 Å². The molecular weight excluding hydrogens is 426 g/mol. The zero-order valence-electron chi connectivity index (χ0n) is 19.5. The first-order valence-corrected chi connectivity index (χ1v) is 11.6. The lowest BCUT2D eigenvalue weighted by Gasteiger charge is -2.30. The predicted molar refractivity (Wildman–Crippen MR) is 124 cm³/mol. The summed E-state index contributed by atoms with van der Waals surface area (Å²) in [6.45, 7) is 6.55. The molecule has 7 heteroatoms. The summed E-state index contributed by atoms with van der Waals surface area (Å²) in [6.07, 6.45) is 2.02. The highest BCUT2D eigenvalue weighted by atomic mass is 19.1. The molecule has 1 aliphatic heterocycles. The van der Waals surface area contributed by atoms with Gasteiger partial charge in [-0.05, 0) is 54.5 Å². The van der Waals surface area contributed by atoms with Crippen molar-refractivity contribution in [2.75, 3.05) is 13.2 Å². The minimum atomic E-state index is -0.948. The molecule has 0 aliphatic carbocycles. The fraction of sp³-hybridized carbons (Fsp3) is 0.500. The second-order valence-corrected chi connectivity index (χ2v) is 9.26. The Bertz CT molecular complexity index is 931. The Morgan fingerprint density at radius 3 is 2.55 bits per heavy atom. The molecule has 3 N–H and O–H groups in total. The molecule has 0 saturated carbocycles. The lowest BCUT2D eigenvalue weighted by atomic mass is 9.94. The monoisotopic (exact) mass is 460 g/mol. The van der Waals surface area contributed by atoms with Crippen molar-refractivity contribution in [3.05, 3.63) is 64.7 Å².